The molecule has 1 heterocycles. The lowest BCUT2D eigenvalue weighted by molar-refractivity contribution is 1.11. The number of nitrogens with zero attached hydrogens (tertiary/aromatic N) is 1. The SMILES string of the molecule is C=Cc1ccc2c(c1)N(C)c1ccccc1S2. The van der Waals surface area contributed by atoms with Gasteiger partial charge in [-0.3, -0.25) is 0 Å². The molecule has 1 aliphatic heterocycles. The average molecular weight is 239 g/mol. The fraction of sp³-hybridized carbons (Fsp3) is 0.0667. The second-order valence-electron chi connectivity index (χ2n) is 4.06. The first-order valence-electron chi connectivity index (χ1n) is 5.56. The Balaban J connectivity index is 2.16. The standard InChI is InChI=1S/C15H13NS/c1-3-11-8-9-15-13(10-11)16(2)12-6-4-5-7-14(12)17-15/h3-10H,1H2,2H3. The molecule has 1 aliphatic rings. The minimum Gasteiger partial charge on any atom is -0.343 e. The molecule has 0 aromatic heterocycles. The highest BCUT2D eigenvalue weighted by Crippen LogP contribution is 2.47. The summed E-state index contributed by atoms with van der Waals surface area (Å²) in [7, 11) is 2.12. The van der Waals surface area contributed by atoms with E-state index in [1.54, 1.807) is 0 Å². The number of hydrogen-bond acceptors (Lipinski definition) is 2. The minimum atomic E-state index is 1.16. The quantitative estimate of drug-likeness (QED) is 0.717. The molecular weight excluding hydrogens is 226 g/mol. The normalized spacial score (nSPS) is 12.9. The molecular formula is C15H13NS. The van der Waals surface area contributed by atoms with Crippen molar-refractivity contribution in [3.63, 3.8) is 0 Å². The lowest BCUT2D eigenvalue weighted by Crippen LogP contribution is -2.14. The summed E-state index contributed by atoms with van der Waals surface area (Å²) in [5.41, 5.74) is 3.69. The van der Waals surface area contributed by atoms with Gasteiger partial charge in [0.1, 0.15) is 0 Å². The molecule has 2 aromatic carbocycles. The van der Waals surface area contributed by atoms with Crippen molar-refractivity contribution < 1.29 is 0 Å². The van der Waals surface area contributed by atoms with Crippen LogP contribution in [0.25, 0.3) is 6.08 Å². The molecule has 0 amide bonds. The van der Waals surface area contributed by atoms with Crippen molar-refractivity contribution in [2.24, 2.45) is 0 Å². The summed E-state index contributed by atoms with van der Waals surface area (Å²) in [6.07, 6.45) is 1.89. The lowest BCUT2D eigenvalue weighted by Gasteiger charge is -2.29. The zero-order valence-electron chi connectivity index (χ0n) is 9.68. The third-order valence-electron chi connectivity index (χ3n) is 3.03. The molecule has 1 nitrogen and oxygen atoms in total. The Bertz CT molecular complexity index is 589. The molecule has 0 aliphatic carbocycles. The molecule has 0 fully saturated rings. The van der Waals surface area contributed by atoms with E-state index in [-0.39, 0.29) is 0 Å². The third-order valence-corrected chi connectivity index (χ3v) is 4.16. The van der Waals surface area contributed by atoms with E-state index < -0.39 is 0 Å². The maximum absolute atomic E-state index is 3.82. The fourth-order valence-corrected chi connectivity index (χ4v) is 3.21. The van der Waals surface area contributed by atoms with Crippen LogP contribution >= 0.6 is 11.8 Å². The summed E-state index contributed by atoms with van der Waals surface area (Å²) >= 11 is 1.83. The predicted molar refractivity (Wildman–Crippen MR) is 75.2 cm³/mol. The van der Waals surface area contributed by atoms with Gasteiger partial charge in [0.15, 0.2) is 0 Å². The zero-order chi connectivity index (χ0) is 11.8. The van der Waals surface area contributed by atoms with Crippen LogP contribution in [-0.4, -0.2) is 7.05 Å². The van der Waals surface area contributed by atoms with Crippen molar-refractivity contribution in [3.05, 3.63) is 54.6 Å². The second-order valence-corrected chi connectivity index (χ2v) is 5.14. The smallest absolute Gasteiger partial charge is 0.0556 e. The highest BCUT2D eigenvalue weighted by molar-refractivity contribution is 7.99. The summed E-state index contributed by atoms with van der Waals surface area (Å²) in [6.45, 7) is 3.82. The first kappa shape index (κ1) is 10.5. The first-order valence-corrected chi connectivity index (χ1v) is 6.38. The minimum absolute atomic E-state index is 1.16. The van der Waals surface area contributed by atoms with Crippen LogP contribution in [0.3, 0.4) is 0 Å². The number of para-hydroxylation sites is 1. The molecule has 84 valence electrons. The van der Waals surface area contributed by atoms with Gasteiger partial charge >= 0.3 is 0 Å². The van der Waals surface area contributed by atoms with Crippen LogP contribution in [0, 0.1) is 0 Å². The van der Waals surface area contributed by atoms with E-state index in [1.807, 2.05) is 17.8 Å². The largest absolute Gasteiger partial charge is 0.343 e. The molecule has 0 saturated carbocycles. The molecule has 0 saturated heterocycles. The Morgan fingerprint density at radius 2 is 1.82 bits per heavy atom. The van der Waals surface area contributed by atoms with Gasteiger partial charge in [0.2, 0.25) is 0 Å². The van der Waals surface area contributed by atoms with Crippen molar-refractivity contribution >= 4 is 29.2 Å². The van der Waals surface area contributed by atoms with Gasteiger partial charge in [-0.15, -0.1) is 0 Å². The van der Waals surface area contributed by atoms with Gasteiger partial charge in [-0.05, 0) is 29.8 Å². The molecule has 0 atom stereocenters. The van der Waals surface area contributed by atoms with Gasteiger partial charge in [0.05, 0.1) is 11.4 Å². The van der Waals surface area contributed by atoms with Crippen molar-refractivity contribution in [2.75, 3.05) is 11.9 Å². The van der Waals surface area contributed by atoms with E-state index in [0.717, 1.165) is 5.56 Å². The molecule has 3 rings (SSSR count). The summed E-state index contributed by atoms with van der Waals surface area (Å²) in [4.78, 5) is 4.86. The van der Waals surface area contributed by atoms with E-state index >= 15 is 0 Å². The van der Waals surface area contributed by atoms with E-state index in [4.69, 9.17) is 0 Å². The fourth-order valence-electron chi connectivity index (χ4n) is 2.08. The van der Waals surface area contributed by atoms with Crippen LogP contribution < -0.4 is 4.90 Å². The van der Waals surface area contributed by atoms with Crippen molar-refractivity contribution in [1.29, 1.82) is 0 Å². The molecule has 17 heavy (non-hydrogen) atoms. The molecule has 2 heteroatoms. The predicted octanol–water partition coefficient (Wildman–Crippen LogP) is 4.56. The number of hydrogen-bond donors (Lipinski definition) is 0. The van der Waals surface area contributed by atoms with E-state index in [9.17, 15) is 0 Å². The summed E-state index contributed by atoms with van der Waals surface area (Å²) in [5.74, 6) is 0. The average Bonchev–Trinajstić information content (AvgIpc) is 2.39. The van der Waals surface area contributed by atoms with Gasteiger partial charge in [-0.1, -0.05) is 42.6 Å². The highest BCUT2D eigenvalue weighted by atomic mass is 32.2. The number of anilines is 2. The second kappa shape index (κ2) is 3.97. The Hall–Kier alpha value is -1.67. The van der Waals surface area contributed by atoms with Crippen LogP contribution in [0.2, 0.25) is 0 Å². The van der Waals surface area contributed by atoms with Crippen molar-refractivity contribution in [3.8, 4) is 0 Å². The Morgan fingerprint density at radius 3 is 2.65 bits per heavy atom. The van der Waals surface area contributed by atoms with Gasteiger partial charge in [-0.25, -0.2) is 0 Å². The van der Waals surface area contributed by atoms with E-state index in [2.05, 4.69) is 61.0 Å². The Morgan fingerprint density at radius 1 is 1.06 bits per heavy atom. The van der Waals surface area contributed by atoms with Crippen molar-refractivity contribution in [1.82, 2.24) is 0 Å². The number of rotatable bonds is 1. The summed E-state index contributed by atoms with van der Waals surface area (Å²) in [6, 6.07) is 15.0. The van der Waals surface area contributed by atoms with E-state index in [0.29, 0.717) is 0 Å². The van der Waals surface area contributed by atoms with Crippen LogP contribution in [0.1, 0.15) is 5.56 Å². The molecule has 0 bridgehead atoms. The van der Waals surface area contributed by atoms with Gasteiger partial charge in [-0.2, -0.15) is 0 Å². The molecule has 0 spiro atoms. The van der Waals surface area contributed by atoms with E-state index in [1.165, 1.54) is 21.2 Å². The first-order chi connectivity index (χ1) is 8.29. The zero-order valence-corrected chi connectivity index (χ0v) is 10.5. The highest BCUT2D eigenvalue weighted by Gasteiger charge is 2.19. The van der Waals surface area contributed by atoms with Gasteiger partial charge in [0.25, 0.3) is 0 Å². The lowest BCUT2D eigenvalue weighted by atomic mass is 10.1. The number of fused-ring (bicyclic) bond motifs is 2. The van der Waals surface area contributed by atoms with Crippen LogP contribution in [0.15, 0.2) is 58.8 Å². The third kappa shape index (κ3) is 1.65. The van der Waals surface area contributed by atoms with Gasteiger partial charge < -0.3 is 4.90 Å². The molecule has 0 radical (unpaired) electrons. The Kier molecular flexibility index (Phi) is 2.45. The van der Waals surface area contributed by atoms with Crippen molar-refractivity contribution in [2.45, 2.75) is 9.79 Å². The van der Waals surface area contributed by atoms with Crippen LogP contribution in [0.4, 0.5) is 11.4 Å². The summed E-state index contributed by atoms with van der Waals surface area (Å²) in [5, 5.41) is 0. The Labute approximate surface area is 106 Å². The molecule has 0 N–H and O–H groups in total. The maximum Gasteiger partial charge on any atom is 0.0556 e. The summed E-state index contributed by atoms with van der Waals surface area (Å²) < 4.78 is 0. The molecule has 0 unspecified atom stereocenters. The topological polar surface area (TPSA) is 3.24 Å². The number of benzene rings is 2. The van der Waals surface area contributed by atoms with Gasteiger partial charge in [0, 0.05) is 16.8 Å². The monoisotopic (exact) mass is 239 g/mol. The molecule has 2 aromatic rings. The maximum atomic E-state index is 3.82. The van der Waals surface area contributed by atoms with Crippen LogP contribution in [-0.2, 0) is 0 Å². The van der Waals surface area contributed by atoms with Crippen LogP contribution in [0.5, 0.6) is 0 Å².